The van der Waals surface area contributed by atoms with Crippen LogP contribution in [0.5, 0.6) is 6.01 Å². The molecule has 0 saturated carbocycles. The van der Waals surface area contributed by atoms with Crippen molar-refractivity contribution in [3.63, 3.8) is 0 Å². The summed E-state index contributed by atoms with van der Waals surface area (Å²) >= 11 is 0. The average molecular weight is 182 g/mol. The Morgan fingerprint density at radius 2 is 2.38 bits per heavy atom. The molecule has 13 heavy (non-hydrogen) atoms. The highest BCUT2D eigenvalue weighted by Gasteiger charge is 2.09. The lowest BCUT2D eigenvalue weighted by Crippen LogP contribution is -2.05. The number of ether oxygens (including phenoxy) is 1. The monoisotopic (exact) mass is 182 g/mol. The van der Waals surface area contributed by atoms with Crippen molar-refractivity contribution < 1.29 is 14.6 Å². The summed E-state index contributed by atoms with van der Waals surface area (Å²) in [6, 6.07) is 0.213. The van der Waals surface area contributed by atoms with Crippen LogP contribution in [0, 0.1) is 6.92 Å². The van der Waals surface area contributed by atoms with E-state index in [2.05, 4.69) is 9.97 Å². The largest absolute Gasteiger partial charge is 0.478 e. The van der Waals surface area contributed by atoms with E-state index in [-0.39, 0.29) is 11.6 Å². The van der Waals surface area contributed by atoms with Crippen LogP contribution in [0.1, 0.15) is 23.0 Å². The van der Waals surface area contributed by atoms with Gasteiger partial charge in [0.15, 0.2) is 0 Å². The van der Waals surface area contributed by atoms with Gasteiger partial charge in [0.25, 0.3) is 0 Å². The molecule has 1 aromatic heterocycles. The van der Waals surface area contributed by atoms with Crippen molar-refractivity contribution in [1.29, 1.82) is 0 Å². The molecular weight excluding hydrogens is 172 g/mol. The first-order valence-corrected chi connectivity index (χ1v) is 3.85. The number of hydrogen-bond donors (Lipinski definition) is 1. The van der Waals surface area contributed by atoms with E-state index < -0.39 is 5.97 Å². The summed E-state index contributed by atoms with van der Waals surface area (Å²) in [5.74, 6) is -1.03. The molecule has 0 aliphatic rings. The topological polar surface area (TPSA) is 72.3 Å². The molecule has 5 nitrogen and oxygen atoms in total. The molecule has 0 aliphatic carbocycles. The lowest BCUT2D eigenvalue weighted by molar-refractivity contribution is 0.0695. The van der Waals surface area contributed by atoms with Crippen LogP contribution in [-0.2, 0) is 0 Å². The highest BCUT2D eigenvalue weighted by atomic mass is 16.5. The zero-order valence-corrected chi connectivity index (χ0v) is 7.44. The van der Waals surface area contributed by atoms with Crippen molar-refractivity contribution in [3.8, 4) is 6.01 Å². The van der Waals surface area contributed by atoms with E-state index in [1.807, 2.05) is 6.92 Å². The predicted octanol–water partition coefficient (Wildman–Crippen LogP) is 0.882. The lowest BCUT2D eigenvalue weighted by atomic mass is 10.2. The van der Waals surface area contributed by atoms with Gasteiger partial charge in [0.2, 0.25) is 0 Å². The molecule has 0 bridgehead atoms. The van der Waals surface area contributed by atoms with Gasteiger partial charge in [-0.05, 0) is 13.8 Å². The highest BCUT2D eigenvalue weighted by Crippen LogP contribution is 2.08. The minimum absolute atomic E-state index is 0.100. The van der Waals surface area contributed by atoms with Gasteiger partial charge in [-0.15, -0.1) is 0 Å². The number of nitrogens with zero attached hydrogens (tertiary/aromatic N) is 2. The molecule has 0 fully saturated rings. The Bertz CT molecular complexity index is 325. The smallest absolute Gasteiger partial charge is 0.339 e. The molecule has 0 aliphatic heterocycles. The van der Waals surface area contributed by atoms with Crippen molar-refractivity contribution in [3.05, 3.63) is 17.5 Å². The van der Waals surface area contributed by atoms with E-state index in [9.17, 15) is 4.79 Å². The second-order valence-electron chi connectivity index (χ2n) is 2.39. The van der Waals surface area contributed by atoms with Crippen LogP contribution in [0.4, 0.5) is 0 Å². The zero-order chi connectivity index (χ0) is 9.84. The summed E-state index contributed by atoms with van der Waals surface area (Å²) in [4.78, 5) is 18.2. The Morgan fingerprint density at radius 3 is 2.85 bits per heavy atom. The molecule has 1 aromatic rings. The van der Waals surface area contributed by atoms with E-state index in [0.717, 1.165) is 0 Å². The maximum absolute atomic E-state index is 10.6. The van der Waals surface area contributed by atoms with Crippen LogP contribution in [0.25, 0.3) is 0 Å². The summed E-state index contributed by atoms with van der Waals surface area (Å²) < 4.78 is 5.01. The quantitative estimate of drug-likeness (QED) is 0.751. The van der Waals surface area contributed by atoms with Gasteiger partial charge in [-0.3, -0.25) is 0 Å². The number of carboxylic acid groups (broad SMARTS) is 1. The number of hydrogen-bond acceptors (Lipinski definition) is 4. The number of carboxylic acids is 1. The number of carbonyl (C=O) groups is 1. The van der Waals surface area contributed by atoms with Crippen molar-refractivity contribution in [2.24, 2.45) is 0 Å². The standard InChI is InChI=1S/C8H10N2O3/c1-3-13-8-9-4-6(7(11)12)5(2)10-8/h4H,3H2,1-2H3,(H,11,12). The molecule has 5 heteroatoms. The maximum Gasteiger partial charge on any atom is 0.339 e. The summed E-state index contributed by atoms with van der Waals surface area (Å²) in [7, 11) is 0. The fraction of sp³-hybridized carbons (Fsp3) is 0.375. The van der Waals surface area contributed by atoms with Gasteiger partial charge < -0.3 is 9.84 Å². The predicted molar refractivity (Wildman–Crippen MR) is 44.9 cm³/mol. The highest BCUT2D eigenvalue weighted by molar-refractivity contribution is 5.88. The summed E-state index contributed by atoms with van der Waals surface area (Å²) in [6.07, 6.45) is 1.25. The number of aromatic nitrogens is 2. The van der Waals surface area contributed by atoms with Crippen molar-refractivity contribution >= 4 is 5.97 Å². The Kier molecular flexibility index (Phi) is 2.79. The van der Waals surface area contributed by atoms with E-state index in [4.69, 9.17) is 9.84 Å². The third-order valence-electron chi connectivity index (χ3n) is 1.46. The number of aromatic carboxylic acids is 1. The number of rotatable bonds is 3. The molecule has 0 spiro atoms. The van der Waals surface area contributed by atoms with Crippen LogP contribution >= 0.6 is 0 Å². The summed E-state index contributed by atoms with van der Waals surface area (Å²) in [5.41, 5.74) is 0.509. The Labute approximate surface area is 75.4 Å². The van der Waals surface area contributed by atoms with Gasteiger partial charge in [0.1, 0.15) is 0 Å². The minimum atomic E-state index is -1.03. The first kappa shape index (κ1) is 9.44. The van der Waals surface area contributed by atoms with Crippen molar-refractivity contribution in [1.82, 2.24) is 9.97 Å². The Balaban J connectivity index is 2.98. The molecule has 0 aromatic carbocycles. The molecule has 0 saturated heterocycles. The third kappa shape index (κ3) is 2.14. The maximum atomic E-state index is 10.6. The van der Waals surface area contributed by atoms with Crippen molar-refractivity contribution in [2.45, 2.75) is 13.8 Å². The molecular formula is C8H10N2O3. The van der Waals surface area contributed by atoms with E-state index in [1.165, 1.54) is 6.20 Å². The van der Waals surface area contributed by atoms with Gasteiger partial charge >= 0.3 is 12.0 Å². The molecule has 1 rings (SSSR count). The van der Waals surface area contributed by atoms with Gasteiger partial charge in [0, 0.05) is 6.20 Å². The molecule has 0 unspecified atom stereocenters. The van der Waals surface area contributed by atoms with Crippen LogP contribution in [0.15, 0.2) is 6.20 Å². The normalized spacial score (nSPS) is 9.69. The number of aryl methyl sites for hydroxylation is 1. The van der Waals surface area contributed by atoms with E-state index >= 15 is 0 Å². The molecule has 1 N–H and O–H groups in total. The summed E-state index contributed by atoms with van der Waals surface area (Å²) in [5, 5.41) is 8.67. The van der Waals surface area contributed by atoms with Crippen LogP contribution < -0.4 is 4.74 Å². The molecule has 0 radical (unpaired) electrons. The first-order chi connectivity index (χ1) is 6.15. The SMILES string of the molecule is CCOc1ncc(C(=O)O)c(C)n1. The second kappa shape index (κ2) is 3.84. The van der Waals surface area contributed by atoms with Gasteiger partial charge in [-0.25, -0.2) is 9.78 Å². The fourth-order valence-electron chi connectivity index (χ4n) is 0.854. The van der Waals surface area contributed by atoms with Crippen molar-refractivity contribution in [2.75, 3.05) is 6.61 Å². The average Bonchev–Trinajstić information content (AvgIpc) is 2.04. The van der Waals surface area contributed by atoms with Crippen LogP contribution in [0.3, 0.4) is 0 Å². The Hall–Kier alpha value is -1.65. The van der Waals surface area contributed by atoms with E-state index in [1.54, 1.807) is 6.92 Å². The molecule has 0 amide bonds. The third-order valence-corrected chi connectivity index (χ3v) is 1.46. The van der Waals surface area contributed by atoms with Gasteiger partial charge in [-0.1, -0.05) is 0 Å². The van der Waals surface area contributed by atoms with Crippen LogP contribution in [-0.4, -0.2) is 27.7 Å². The van der Waals surface area contributed by atoms with E-state index in [0.29, 0.717) is 12.3 Å². The molecule has 0 atom stereocenters. The minimum Gasteiger partial charge on any atom is -0.478 e. The summed E-state index contributed by atoms with van der Waals surface area (Å²) in [6.45, 7) is 3.88. The molecule has 1 heterocycles. The Morgan fingerprint density at radius 1 is 1.69 bits per heavy atom. The van der Waals surface area contributed by atoms with Gasteiger partial charge in [0.05, 0.1) is 17.9 Å². The second-order valence-corrected chi connectivity index (χ2v) is 2.39. The van der Waals surface area contributed by atoms with Crippen LogP contribution in [0.2, 0.25) is 0 Å². The molecule has 70 valence electrons. The van der Waals surface area contributed by atoms with Gasteiger partial charge in [-0.2, -0.15) is 4.98 Å². The zero-order valence-electron chi connectivity index (χ0n) is 7.44. The fourth-order valence-corrected chi connectivity index (χ4v) is 0.854. The first-order valence-electron chi connectivity index (χ1n) is 3.85. The lowest BCUT2D eigenvalue weighted by Gasteiger charge is -2.02.